The molecular weight excluding hydrogens is 581 g/mol. The molecule has 0 N–H and O–H groups in total. The largest absolute Gasteiger partial charge is 0.236 e. The minimum atomic E-state index is 0.434. The van der Waals surface area contributed by atoms with Crippen LogP contribution in [0.15, 0.2) is 137 Å². The molecule has 1 aliphatic heterocycles. The van der Waals surface area contributed by atoms with E-state index < -0.39 is 0 Å². The van der Waals surface area contributed by atoms with Crippen LogP contribution in [-0.2, 0) is 0 Å². The Labute approximate surface area is 262 Å². The van der Waals surface area contributed by atoms with Gasteiger partial charge >= 0.3 is 0 Å². The van der Waals surface area contributed by atoms with Crippen molar-refractivity contribution in [3.63, 3.8) is 0 Å². The summed E-state index contributed by atoms with van der Waals surface area (Å²) >= 11 is 5.45. The molecule has 0 saturated carbocycles. The van der Waals surface area contributed by atoms with Crippen molar-refractivity contribution in [1.82, 2.24) is 9.97 Å². The number of aromatic nitrogens is 2. The topological polar surface area (TPSA) is 25.8 Å². The minimum Gasteiger partial charge on any atom is -0.236 e. The number of thiazole rings is 2. The second-order valence-corrected chi connectivity index (χ2v) is 14.1. The molecule has 2 aliphatic rings. The van der Waals surface area contributed by atoms with Crippen molar-refractivity contribution >= 4 is 60.4 Å². The number of fused-ring (bicyclic) bond motifs is 5. The van der Waals surface area contributed by atoms with Gasteiger partial charge in [-0.15, -0.1) is 22.7 Å². The van der Waals surface area contributed by atoms with Gasteiger partial charge in [0.05, 0.1) is 20.4 Å². The van der Waals surface area contributed by atoms with E-state index in [4.69, 9.17) is 9.97 Å². The van der Waals surface area contributed by atoms with Gasteiger partial charge < -0.3 is 0 Å². The van der Waals surface area contributed by atoms with Gasteiger partial charge in [-0.3, -0.25) is 0 Å². The van der Waals surface area contributed by atoms with Crippen LogP contribution in [0.4, 0.5) is 0 Å². The van der Waals surface area contributed by atoms with E-state index >= 15 is 0 Å². The Balaban J connectivity index is 1.18. The van der Waals surface area contributed by atoms with Crippen molar-refractivity contribution in [2.75, 3.05) is 0 Å². The lowest BCUT2D eigenvalue weighted by Gasteiger charge is -2.20. The zero-order chi connectivity index (χ0) is 28.3. The average Bonchev–Trinajstić information content (AvgIpc) is 3.79. The lowest BCUT2D eigenvalue weighted by atomic mass is 9.86. The number of para-hydroxylation sites is 2. The summed E-state index contributed by atoms with van der Waals surface area (Å²) in [5.74, 6) is 0.434. The fourth-order valence-corrected chi connectivity index (χ4v) is 9.48. The fraction of sp³-hybridized carbons (Fsp3) is 0.0526. The molecule has 5 heteroatoms. The number of hydrogen-bond acceptors (Lipinski definition) is 5. The number of nitrogens with zero attached hydrogens (tertiary/aromatic N) is 2. The van der Waals surface area contributed by atoms with Crippen LogP contribution in [0.5, 0.6) is 0 Å². The maximum atomic E-state index is 5.05. The molecule has 0 spiro atoms. The highest BCUT2D eigenvalue weighted by molar-refractivity contribution is 8.03. The Morgan fingerprint density at radius 1 is 0.558 bits per heavy atom. The van der Waals surface area contributed by atoms with E-state index in [-0.39, 0.29) is 0 Å². The van der Waals surface area contributed by atoms with Gasteiger partial charge in [-0.25, -0.2) is 9.97 Å². The molecule has 0 saturated heterocycles. The van der Waals surface area contributed by atoms with Gasteiger partial charge in [0.15, 0.2) is 0 Å². The highest BCUT2D eigenvalue weighted by Crippen LogP contribution is 2.55. The fourth-order valence-electron chi connectivity index (χ4n) is 6.18. The Kier molecular flexibility index (Phi) is 5.96. The Bertz CT molecular complexity index is 2190. The van der Waals surface area contributed by atoms with Crippen LogP contribution >= 0.6 is 34.4 Å². The summed E-state index contributed by atoms with van der Waals surface area (Å²) in [6.45, 7) is 0. The standard InChI is InChI=1S/C38H24N2S3/c1-4-13-33-29(8-1)30-10-7-9-28(36(30)41-33)26-20-25(21-27(22-26)38-40-32-12-3-6-15-35(32)43-38)23-16-18-24(19-17-23)37-39-31-11-2-5-14-34(31)42-37/h1-9,11-22,30H,10H2. The SMILES string of the molecule is C1=CC(c2cc(-c3ccc(-c4nc5ccccc5s4)cc3)cc(-c3nc4ccccc4s3)c2)=C2Sc3ccccc3C2C1. The molecule has 1 unspecified atom stereocenters. The quantitative estimate of drug-likeness (QED) is 0.200. The first kappa shape index (κ1) is 25.2. The van der Waals surface area contributed by atoms with Crippen molar-refractivity contribution in [2.24, 2.45) is 0 Å². The summed E-state index contributed by atoms with van der Waals surface area (Å²) in [6.07, 6.45) is 5.74. The summed E-state index contributed by atoms with van der Waals surface area (Å²) in [5, 5.41) is 2.11. The molecule has 1 atom stereocenters. The monoisotopic (exact) mass is 604 g/mol. The van der Waals surface area contributed by atoms with Crippen LogP contribution in [0, 0.1) is 0 Å². The normalized spacial score (nSPS) is 15.8. The lowest BCUT2D eigenvalue weighted by molar-refractivity contribution is 0.841. The molecule has 0 bridgehead atoms. The second kappa shape index (κ2) is 10.2. The average molecular weight is 605 g/mol. The first-order valence-electron chi connectivity index (χ1n) is 14.4. The molecule has 9 rings (SSSR count). The molecule has 1 aliphatic carbocycles. The summed E-state index contributed by atoms with van der Waals surface area (Å²) in [4.78, 5) is 12.8. The predicted octanol–water partition coefficient (Wildman–Crippen LogP) is 11.5. The van der Waals surface area contributed by atoms with Gasteiger partial charge in [0.25, 0.3) is 0 Å². The van der Waals surface area contributed by atoms with E-state index in [1.54, 1.807) is 22.7 Å². The Hall–Kier alpha value is -4.29. The van der Waals surface area contributed by atoms with Crippen LogP contribution in [0.1, 0.15) is 23.5 Å². The van der Waals surface area contributed by atoms with Gasteiger partial charge in [-0.1, -0.05) is 90.6 Å². The molecule has 43 heavy (non-hydrogen) atoms. The minimum absolute atomic E-state index is 0.434. The third-order valence-electron chi connectivity index (χ3n) is 8.30. The van der Waals surface area contributed by atoms with Gasteiger partial charge in [-0.2, -0.15) is 0 Å². The van der Waals surface area contributed by atoms with Crippen molar-refractivity contribution < 1.29 is 0 Å². The number of benzene rings is 5. The number of rotatable bonds is 4. The molecular formula is C38H24N2S3. The molecule has 204 valence electrons. The number of allylic oxidation sites excluding steroid dienone is 4. The van der Waals surface area contributed by atoms with Crippen LogP contribution in [0.2, 0.25) is 0 Å². The van der Waals surface area contributed by atoms with Crippen molar-refractivity contribution in [3.05, 3.63) is 143 Å². The predicted molar refractivity (Wildman–Crippen MR) is 185 cm³/mol. The molecule has 0 fully saturated rings. The van der Waals surface area contributed by atoms with Gasteiger partial charge in [0, 0.05) is 26.8 Å². The van der Waals surface area contributed by atoms with Crippen LogP contribution in [0.3, 0.4) is 0 Å². The zero-order valence-corrected chi connectivity index (χ0v) is 25.5. The highest BCUT2D eigenvalue weighted by Gasteiger charge is 2.31. The van der Waals surface area contributed by atoms with Crippen molar-refractivity contribution in [3.8, 4) is 32.3 Å². The van der Waals surface area contributed by atoms with Crippen LogP contribution < -0.4 is 0 Å². The maximum absolute atomic E-state index is 5.05. The summed E-state index contributed by atoms with van der Waals surface area (Å²) in [7, 11) is 0. The first-order chi connectivity index (χ1) is 21.3. The third-order valence-corrected chi connectivity index (χ3v) is 11.8. The molecule has 2 nitrogen and oxygen atoms in total. The molecule has 0 radical (unpaired) electrons. The summed E-state index contributed by atoms with van der Waals surface area (Å²) < 4.78 is 2.43. The zero-order valence-electron chi connectivity index (χ0n) is 23.0. The van der Waals surface area contributed by atoms with E-state index in [1.165, 1.54) is 47.0 Å². The summed E-state index contributed by atoms with van der Waals surface area (Å²) in [5.41, 5.74) is 10.8. The van der Waals surface area contributed by atoms with E-state index in [0.29, 0.717) is 5.92 Å². The first-order valence-corrected chi connectivity index (χ1v) is 16.9. The Morgan fingerprint density at radius 2 is 1.16 bits per heavy atom. The smallest absolute Gasteiger partial charge is 0.124 e. The second-order valence-electron chi connectivity index (χ2n) is 11.0. The number of hydrogen-bond donors (Lipinski definition) is 0. The maximum Gasteiger partial charge on any atom is 0.124 e. The van der Waals surface area contributed by atoms with Crippen molar-refractivity contribution in [1.29, 1.82) is 0 Å². The molecule has 5 aromatic carbocycles. The van der Waals surface area contributed by atoms with Gasteiger partial charge in [-0.05, 0) is 82.8 Å². The molecule has 2 aromatic heterocycles. The highest BCUT2D eigenvalue weighted by atomic mass is 32.2. The molecule has 0 amide bonds. The van der Waals surface area contributed by atoms with Crippen molar-refractivity contribution in [2.45, 2.75) is 17.2 Å². The summed E-state index contributed by atoms with van der Waals surface area (Å²) in [6, 6.07) is 41.6. The van der Waals surface area contributed by atoms with Gasteiger partial charge in [0.1, 0.15) is 10.0 Å². The van der Waals surface area contributed by atoms with Gasteiger partial charge in [0.2, 0.25) is 0 Å². The van der Waals surface area contributed by atoms with Crippen LogP contribution in [0.25, 0.3) is 58.3 Å². The van der Waals surface area contributed by atoms with E-state index in [9.17, 15) is 0 Å². The molecule has 7 aromatic rings. The Morgan fingerprint density at radius 3 is 1.91 bits per heavy atom. The van der Waals surface area contributed by atoms with E-state index in [1.807, 2.05) is 17.8 Å². The number of thioether (sulfide) groups is 1. The lowest BCUT2D eigenvalue weighted by Crippen LogP contribution is -2.01. The van der Waals surface area contributed by atoms with E-state index in [2.05, 4.69) is 121 Å². The molecule has 3 heterocycles. The van der Waals surface area contributed by atoms with Crippen LogP contribution in [-0.4, -0.2) is 9.97 Å². The third kappa shape index (κ3) is 4.39. The van der Waals surface area contributed by atoms with E-state index in [0.717, 1.165) is 38.6 Å².